The molecule has 0 aromatic heterocycles. The monoisotopic (exact) mass is 466 g/mol. The quantitative estimate of drug-likeness (QED) is 0.423. The highest BCUT2D eigenvalue weighted by Crippen LogP contribution is 2.52. The maximum Gasteiger partial charge on any atom is 0.0436 e. The first-order valence-corrected chi connectivity index (χ1v) is 13.1. The van der Waals surface area contributed by atoms with Gasteiger partial charge >= 0.3 is 0 Å². The van der Waals surface area contributed by atoms with Gasteiger partial charge in [0.05, 0.1) is 0 Å². The van der Waals surface area contributed by atoms with Gasteiger partial charge in [-0.1, -0.05) is 68.0 Å². The maximum atomic E-state index is 4.02. The van der Waals surface area contributed by atoms with Crippen LogP contribution in [0.2, 0.25) is 0 Å². The van der Waals surface area contributed by atoms with Crippen molar-refractivity contribution >= 4 is 16.8 Å². The molecule has 2 heteroatoms. The molecule has 2 unspecified atom stereocenters. The van der Waals surface area contributed by atoms with Crippen molar-refractivity contribution in [3.8, 4) is 0 Å². The molecule has 35 heavy (non-hydrogen) atoms. The van der Waals surface area contributed by atoms with Crippen molar-refractivity contribution in [2.75, 3.05) is 13.6 Å². The lowest BCUT2D eigenvalue weighted by Crippen LogP contribution is -2.36. The molecule has 1 heterocycles. The van der Waals surface area contributed by atoms with Crippen LogP contribution >= 0.6 is 0 Å². The molecule has 2 atom stereocenters. The van der Waals surface area contributed by atoms with Crippen LogP contribution in [-0.2, 0) is 0 Å². The molecule has 2 N–H and O–H groups in total. The van der Waals surface area contributed by atoms with Crippen molar-refractivity contribution in [1.29, 1.82) is 0 Å². The summed E-state index contributed by atoms with van der Waals surface area (Å²) in [6, 6.07) is 11.4. The lowest BCUT2D eigenvalue weighted by Gasteiger charge is -2.43. The van der Waals surface area contributed by atoms with E-state index in [4.69, 9.17) is 0 Å². The molecule has 0 amide bonds. The van der Waals surface area contributed by atoms with Gasteiger partial charge in [0.2, 0.25) is 0 Å². The second-order valence-electron chi connectivity index (χ2n) is 10.6. The third kappa shape index (κ3) is 4.45. The molecule has 2 aromatic carbocycles. The Morgan fingerprint density at radius 2 is 1.77 bits per heavy atom. The van der Waals surface area contributed by atoms with Crippen LogP contribution in [0.25, 0.3) is 16.8 Å². The zero-order valence-corrected chi connectivity index (χ0v) is 22.9. The maximum absolute atomic E-state index is 4.02. The van der Waals surface area contributed by atoms with E-state index in [1.165, 1.54) is 61.5 Å². The van der Waals surface area contributed by atoms with Crippen LogP contribution in [0.1, 0.15) is 72.6 Å². The van der Waals surface area contributed by atoms with Crippen LogP contribution in [-0.4, -0.2) is 13.6 Å². The SMILES string of the molecule is CC=CC(C)(CC)C1CC=C(c2c(C)cccc2C)C2=C1N/C(=C\CNC)c1c(C)cc(C)cc12. The molecule has 0 saturated heterocycles. The van der Waals surface area contributed by atoms with Crippen LogP contribution in [0.4, 0.5) is 0 Å². The standard InChI is InChI=1S/C33H42N2/c1-9-17-33(7,10-2)27-15-14-25(29-22(4)12-11-13-23(29)5)31-26-20-21(3)19-24(6)30(26)28(16-18-34-8)35-32(27)31/h9,11-14,16-17,19-20,27,34-35H,10,15,18H2,1-8H3/b17-9?,28-16-. The first kappa shape index (κ1) is 25.3. The zero-order chi connectivity index (χ0) is 25.3. The summed E-state index contributed by atoms with van der Waals surface area (Å²) in [5.74, 6) is 0.388. The summed E-state index contributed by atoms with van der Waals surface area (Å²) >= 11 is 0. The number of hydrogen-bond donors (Lipinski definition) is 2. The third-order valence-corrected chi connectivity index (χ3v) is 8.10. The van der Waals surface area contributed by atoms with Gasteiger partial charge in [-0.15, -0.1) is 0 Å². The fourth-order valence-corrected chi connectivity index (χ4v) is 6.23. The van der Waals surface area contributed by atoms with Gasteiger partial charge in [0.25, 0.3) is 0 Å². The van der Waals surface area contributed by atoms with E-state index in [2.05, 4.69) is 114 Å². The normalized spacial score (nSPS) is 20.4. The highest BCUT2D eigenvalue weighted by Gasteiger charge is 2.40. The summed E-state index contributed by atoms with van der Waals surface area (Å²) in [4.78, 5) is 0. The van der Waals surface area contributed by atoms with E-state index in [1.54, 1.807) is 0 Å². The topological polar surface area (TPSA) is 24.1 Å². The molecule has 1 aliphatic heterocycles. The number of rotatable bonds is 6. The minimum absolute atomic E-state index is 0.0790. The fourth-order valence-electron chi connectivity index (χ4n) is 6.23. The lowest BCUT2D eigenvalue weighted by molar-refractivity contribution is 0.277. The Labute approximate surface area is 212 Å². The minimum Gasteiger partial charge on any atom is -0.358 e. The van der Waals surface area contributed by atoms with Gasteiger partial charge in [-0.25, -0.2) is 0 Å². The van der Waals surface area contributed by atoms with Gasteiger partial charge < -0.3 is 10.6 Å². The predicted molar refractivity (Wildman–Crippen MR) is 153 cm³/mol. The zero-order valence-electron chi connectivity index (χ0n) is 22.9. The first-order chi connectivity index (χ1) is 16.8. The molecule has 0 saturated carbocycles. The number of nitrogens with one attached hydrogen (secondary N) is 2. The van der Waals surface area contributed by atoms with Gasteiger partial charge in [0.15, 0.2) is 0 Å². The van der Waals surface area contributed by atoms with Crippen molar-refractivity contribution in [2.45, 2.75) is 61.3 Å². The number of allylic oxidation sites excluding steroid dienone is 6. The molecule has 0 spiro atoms. The summed E-state index contributed by atoms with van der Waals surface area (Å²) in [6.07, 6.45) is 11.6. The number of likely N-dealkylation sites (N-methyl/N-ethyl adjacent to an activating group) is 1. The number of fused-ring (bicyclic) bond motifs is 2. The van der Waals surface area contributed by atoms with Crippen LogP contribution in [0.3, 0.4) is 0 Å². The van der Waals surface area contributed by atoms with E-state index in [1.807, 2.05) is 7.05 Å². The second kappa shape index (κ2) is 10.0. The number of aryl methyl sites for hydroxylation is 4. The highest BCUT2D eigenvalue weighted by atomic mass is 14.9. The van der Waals surface area contributed by atoms with E-state index >= 15 is 0 Å². The molecule has 4 rings (SSSR count). The van der Waals surface area contributed by atoms with Crippen molar-refractivity contribution in [1.82, 2.24) is 10.6 Å². The van der Waals surface area contributed by atoms with Gasteiger partial charge in [0, 0.05) is 35.0 Å². The minimum atomic E-state index is 0.0790. The van der Waals surface area contributed by atoms with Crippen molar-refractivity contribution in [3.63, 3.8) is 0 Å². The van der Waals surface area contributed by atoms with E-state index in [0.29, 0.717) is 5.92 Å². The van der Waals surface area contributed by atoms with Crippen molar-refractivity contribution in [2.24, 2.45) is 11.3 Å². The molecular formula is C33H42N2. The number of benzene rings is 2. The highest BCUT2D eigenvalue weighted by molar-refractivity contribution is 6.11. The molecule has 2 aromatic rings. The van der Waals surface area contributed by atoms with E-state index in [9.17, 15) is 0 Å². The molecule has 2 nitrogen and oxygen atoms in total. The Balaban J connectivity index is 2.07. The summed E-state index contributed by atoms with van der Waals surface area (Å²) in [5, 5.41) is 7.34. The molecule has 184 valence electrons. The fraction of sp³-hybridized carbons (Fsp3) is 0.394. The Hall–Kier alpha value is -2.84. The average Bonchev–Trinajstić information content (AvgIpc) is 2.81. The Bertz CT molecular complexity index is 1230. The molecular weight excluding hydrogens is 424 g/mol. The van der Waals surface area contributed by atoms with Crippen LogP contribution in [0.5, 0.6) is 0 Å². The van der Waals surface area contributed by atoms with E-state index < -0.39 is 0 Å². The summed E-state index contributed by atoms with van der Waals surface area (Å²) < 4.78 is 0. The van der Waals surface area contributed by atoms with Crippen LogP contribution < -0.4 is 10.6 Å². The van der Waals surface area contributed by atoms with Crippen LogP contribution in [0, 0.1) is 39.0 Å². The Morgan fingerprint density at radius 3 is 2.40 bits per heavy atom. The second-order valence-corrected chi connectivity index (χ2v) is 10.6. The number of hydrogen-bond acceptors (Lipinski definition) is 2. The van der Waals surface area contributed by atoms with Gasteiger partial charge in [-0.3, -0.25) is 0 Å². The first-order valence-electron chi connectivity index (χ1n) is 13.1. The van der Waals surface area contributed by atoms with Crippen molar-refractivity contribution < 1.29 is 0 Å². The van der Waals surface area contributed by atoms with Crippen molar-refractivity contribution in [3.05, 3.63) is 99.3 Å². The summed E-state index contributed by atoms with van der Waals surface area (Å²) in [5.41, 5.74) is 14.9. The van der Waals surface area contributed by atoms with Crippen LogP contribution in [0.15, 0.2) is 60.3 Å². The molecule has 0 fully saturated rings. The van der Waals surface area contributed by atoms with Gasteiger partial charge in [-0.05, 0) is 99.4 Å². The predicted octanol–water partition coefficient (Wildman–Crippen LogP) is 7.89. The average molecular weight is 467 g/mol. The van der Waals surface area contributed by atoms with Gasteiger partial charge in [0.1, 0.15) is 0 Å². The molecule has 0 bridgehead atoms. The summed E-state index contributed by atoms with van der Waals surface area (Å²) in [7, 11) is 2.01. The molecule has 2 aliphatic rings. The summed E-state index contributed by atoms with van der Waals surface area (Å²) in [6.45, 7) is 16.7. The van der Waals surface area contributed by atoms with Gasteiger partial charge in [-0.2, -0.15) is 0 Å². The van der Waals surface area contributed by atoms with E-state index in [0.717, 1.165) is 19.4 Å². The Morgan fingerprint density at radius 1 is 1.06 bits per heavy atom. The molecule has 0 radical (unpaired) electrons. The molecule has 1 aliphatic carbocycles. The smallest absolute Gasteiger partial charge is 0.0436 e. The largest absolute Gasteiger partial charge is 0.358 e. The van der Waals surface area contributed by atoms with E-state index in [-0.39, 0.29) is 5.41 Å². The lowest BCUT2D eigenvalue weighted by atomic mass is 9.65. The Kier molecular flexibility index (Phi) is 7.24. The third-order valence-electron chi connectivity index (χ3n) is 8.10.